The van der Waals surface area contributed by atoms with Crippen molar-refractivity contribution in [2.45, 2.75) is 16.7 Å². The number of aromatic hydroxyl groups is 1. The number of ether oxygens (including phenoxy) is 1. The van der Waals surface area contributed by atoms with Gasteiger partial charge in [-0.1, -0.05) is 18.2 Å². The molecule has 1 amide bonds. The van der Waals surface area contributed by atoms with E-state index in [-0.39, 0.29) is 34.8 Å². The van der Waals surface area contributed by atoms with Crippen LogP contribution in [0.15, 0.2) is 93.3 Å². The number of carbonyl (C=O) groups is 3. The molecule has 47 heavy (non-hydrogen) atoms. The Labute approximate surface area is 266 Å². The molecular weight excluding hydrogens is 660 g/mol. The molecule has 0 spiro atoms. The lowest BCUT2D eigenvalue weighted by molar-refractivity contribution is -0.114. The predicted octanol–water partition coefficient (Wildman–Crippen LogP) is 2.05. The van der Waals surface area contributed by atoms with Crippen molar-refractivity contribution < 1.29 is 55.3 Å². The Morgan fingerprint density at radius 2 is 1.49 bits per heavy atom. The third kappa shape index (κ3) is 7.51. The van der Waals surface area contributed by atoms with Crippen LogP contribution < -0.4 is 5.01 Å². The number of amides is 1. The number of carbonyl (C=O) groups excluding carboxylic acids is 3. The van der Waals surface area contributed by atoms with Gasteiger partial charge in [0.25, 0.3) is 31.9 Å². The number of anilines is 1. The van der Waals surface area contributed by atoms with Crippen LogP contribution in [0.5, 0.6) is 5.88 Å². The molecule has 242 valence electrons. The monoisotopic (exact) mass is 682 g/mol. The largest absolute Gasteiger partial charge is 0.493 e. The molecule has 0 saturated heterocycles. The lowest BCUT2D eigenvalue weighted by Gasteiger charge is -2.11. The molecule has 4 rings (SSSR count). The number of aromatic nitrogens is 2. The normalized spacial score (nSPS) is 14.4. The Morgan fingerprint density at radius 3 is 2.02 bits per heavy atom. The van der Waals surface area contributed by atoms with Gasteiger partial charge < -0.3 is 14.9 Å². The van der Waals surface area contributed by atoms with E-state index in [2.05, 4.69) is 10.2 Å². The van der Waals surface area contributed by atoms with Crippen molar-refractivity contribution in [1.82, 2.24) is 9.78 Å². The third-order valence-electron chi connectivity index (χ3n) is 6.13. The molecular formula is C29H22N4O12S2. The van der Waals surface area contributed by atoms with Gasteiger partial charge in [0, 0.05) is 5.92 Å². The molecule has 0 bridgehead atoms. The smallest absolute Gasteiger partial charge is 0.359 e. The van der Waals surface area contributed by atoms with E-state index in [0.29, 0.717) is 0 Å². The van der Waals surface area contributed by atoms with Gasteiger partial charge >= 0.3 is 5.97 Å². The minimum atomic E-state index is -4.51. The van der Waals surface area contributed by atoms with E-state index >= 15 is 0 Å². The number of esters is 1. The number of Topliss-reactive ketones (excluding diaryl/α,β-unsaturated/α-hetero) is 1. The minimum absolute atomic E-state index is 0.00880. The SMILES string of the molecule is CCOC(=O)c1nn(-c2ccc(S(=O)(=O)O)cc2)c(O)c1C=CC=C/C=C1\C(=O)N(c2ccc(S(=O)(=O)O)cc2)N=C1C(=O)C#CO. The maximum absolute atomic E-state index is 13.1. The van der Waals surface area contributed by atoms with E-state index in [9.17, 15) is 45.4 Å². The molecule has 1 aromatic heterocycles. The molecule has 0 saturated carbocycles. The number of hydrogen-bond donors (Lipinski definition) is 4. The maximum Gasteiger partial charge on any atom is 0.359 e. The Morgan fingerprint density at radius 1 is 0.915 bits per heavy atom. The first-order chi connectivity index (χ1) is 22.2. The van der Waals surface area contributed by atoms with Crippen molar-refractivity contribution in [3.8, 4) is 23.6 Å². The Kier molecular flexibility index (Phi) is 9.87. The van der Waals surface area contributed by atoms with Gasteiger partial charge in [0.05, 0.1) is 38.9 Å². The first-order valence-electron chi connectivity index (χ1n) is 13.0. The summed E-state index contributed by atoms with van der Waals surface area (Å²) >= 11 is 0. The number of allylic oxidation sites excluding steroid dienone is 4. The molecule has 0 unspecified atom stereocenters. The van der Waals surface area contributed by atoms with Gasteiger partial charge in [-0.25, -0.2) is 4.79 Å². The summed E-state index contributed by atoms with van der Waals surface area (Å²) in [7, 11) is -8.99. The van der Waals surface area contributed by atoms with Crippen molar-refractivity contribution in [2.75, 3.05) is 11.6 Å². The second-order valence-electron chi connectivity index (χ2n) is 9.11. The number of ketones is 1. The first-order valence-corrected chi connectivity index (χ1v) is 15.9. The fourth-order valence-electron chi connectivity index (χ4n) is 4.01. The Balaban J connectivity index is 1.65. The molecule has 16 nitrogen and oxygen atoms in total. The molecule has 0 atom stereocenters. The first kappa shape index (κ1) is 34.0. The quantitative estimate of drug-likeness (QED) is 0.0788. The summed E-state index contributed by atoms with van der Waals surface area (Å²) in [6.45, 7) is 1.55. The van der Waals surface area contributed by atoms with E-state index in [1.54, 1.807) is 6.92 Å². The van der Waals surface area contributed by atoms with Crippen molar-refractivity contribution in [2.24, 2.45) is 5.10 Å². The Hall–Kier alpha value is -5.87. The lowest BCUT2D eigenvalue weighted by Crippen LogP contribution is -2.22. The van der Waals surface area contributed by atoms with Gasteiger partial charge in [-0.3, -0.25) is 18.7 Å². The van der Waals surface area contributed by atoms with E-state index < -0.39 is 59.3 Å². The van der Waals surface area contributed by atoms with E-state index in [4.69, 9.17) is 9.84 Å². The van der Waals surface area contributed by atoms with Crippen LogP contribution in [0.2, 0.25) is 0 Å². The number of hydrogen-bond acceptors (Lipinski definition) is 12. The van der Waals surface area contributed by atoms with Crippen molar-refractivity contribution in [3.63, 3.8) is 0 Å². The summed E-state index contributed by atoms with van der Waals surface area (Å²) in [6, 6.07) is 8.97. The topological polar surface area (TPSA) is 243 Å². The maximum atomic E-state index is 13.1. The van der Waals surface area contributed by atoms with Gasteiger partial charge in [-0.05, 0) is 67.6 Å². The van der Waals surface area contributed by atoms with Crippen LogP contribution in [-0.4, -0.2) is 75.9 Å². The van der Waals surface area contributed by atoms with Gasteiger partial charge in [-0.2, -0.15) is 36.7 Å². The van der Waals surface area contributed by atoms with E-state index in [0.717, 1.165) is 34.0 Å². The van der Waals surface area contributed by atoms with Gasteiger partial charge in [-0.15, -0.1) is 0 Å². The molecule has 0 radical (unpaired) electrons. The fraction of sp³-hybridized carbons (Fsp3) is 0.0690. The predicted molar refractivity (Wildman–Crippen MR) is 163 cm³/mol. The van der Waals surface area contributed by atoms with Crippen LogP contribution in [-0.2, 0) is 34.6 Å². The zero-order chi connectivity index (χ0) is 34.5. The molecule has 1 aliphatic heterocycles. The Bertz CT molecular complexity index is 2170. The summed E-state index contributed by atoms with van der Waals surface area (Å²) in [5.74, 6) is -1.37. The number of aliphatic hydroxyl groups is 1. The molecule has 4 N–H and O–H groups in total. The lowest BCUT2D eigenvalue weighted by atomic mass is 10.1. The third-order valence-corrected chi connectivity index (χ3v) is 7.87. The highest BCUT2D eigenvalue weighted by Crippen LogP contribution is 2.28. The van der Waals surface area contributed by atoms with Gasteiger partial charge in [0.2, 0.25) is 5.88 Å². The fourth-order valence-corrected chi connectivity index (χ4v) is 4.97. The number of hydrazone groups is 1. The second-order valence-corrected chi connectivity index (χ2v) is 12.0. The summed E-state index contributed by atoms with van der Waals surface area (Å²) in [6.07, 6.45) is 7.93. The summed E-state index contributed by atoms with van der Waals surface area (Å²) in [4.78, 5) is 37.3. The van der Waals surface area contributed by atoms with E-state index in [1.807, 2.05) is 5.92 Å². The van der Waals surface area contributed by atoms with Crippen LogP contribution in [0.25, 0.3) is 11.8 Å². The molecule has 2 aromatic carbocycles. The zero-order valence-electron chi connectivity index (χ0n) is 23.9. The highest BCUT2D eigenvalue weighted by molar-refractivity contribution is 7.86. The van der Waals surface area contributed by atoms with Crippen molar-refractivity contribution in [3.05, 3.63) is 89.7 Å². The zero-order valence-corrected chi connectivity index (χ0v) is 25.5. The molecule has 18 heteroatoms. The van der Waals surface area contributed by atoms with Crippen molar-refractivity contribution in [1.29, 1.82) is 0 Å². The van der Waals surface area contributed by atoms with Crippen LogP contribution in [0.3, 0.4) is 0 Å². The highest BCUT2D eigenvalue weighted by atomic mass is 32.2. The number of benzene rings is 2. The number of rotatable bonds is 10. The van der Waals surface area contributed by atoms with Crippen LogP contribution in [0, 0.1) is 12.0 Å². The molecule has 1 aliphatic rings. The summed E-state index contributed by atoms with van der Waals surface area (Å²) in [5.41, 5.74) is -0.893. The number of nitrogens with zero attached hydrogens (tertiary/aromatic N) is 4. The number of aliphatic hydroxyl groups excluding tert-OH is 1. The van der Waals surface area contributed by atoms with Gasteiger partial charge in [0.1, 0.15) is 6.11 Å². The standard InChI is InChI=1S/C29H22N4O12S2/c1-2-45-29(38)26-23(28(37)33(31-26)19-10-14-21(15-11-19)47(42,43)44)7-5-3-4-6-22-25(24(35)16-17-34)30-32(27(22)36)18-8-12-20(13-9-18)46(39,40)41/h3-15,34,37H,2H2,1H3,(H,39,40,41)(H,42,43,44)/b4-3?,7-5?,22-6-. The van der Waals surface area contributed by atoms with Gasteiger partial charge in [0.15, 0.2) is 11.4 Å². The van der Waals surface area contributed by atoms with E-state index in [1.165, 1.54) is 60.8 Å². The summed E-state index contributed by atoms with van der Waals surface area (Å²) < 4.78 is 69.7. The average Bonchev–Trinajstić information content (AvgIpc) is 3.52. The molecule has 0 fully saturated rings. The van der Waals surface area contributed by atoms with Crippen molar-refractivity contribution >= 4 is 55.4 Å². The van der Waals surface area contributed by atoms with Crippen LogP contribution >= 0.6 is 0 Å². The average molecular weight is 683 g/mol. The minimum Gasteiger partial charge on any atom is -0.493 e. The van der Waals surface area contributed by atoms with Crippen LogP contribution in [0.4, 0.5) is 5.69 Å². The second kappa shape index (κ2) is 13.6. The molecule has 0 aliphatic carbocycles. The highest BCUT2D eigenvalue weighted by Gasteiger charge is 2.34. The summed E-state index contributed by atoms with van der Waals surface area (Å²) in [5, 5.41) is 28.6. The molecule has 3 aromatic rings. The molecule has 2 heterocycles. The van der Waals surface area contributed by atoms with Crippen LogP contribution in [0.1, 0.15) is 23.0 Å².